The summed E-state index contributed by atoms with van der Waals surface area (Å²) >= 11 is 12.6. The number of rotatable bonds is 13. The van der Waals surface area contributed by atoms with Crippen LogP contribution < -0.4 is 9.62 Å². The van der Waals surface area contributed by atoms with E-state index in [4.69, 9.17) is 23.2 Å². The molecule has 1 N–H and O–H groups in total. The topological polar surface area (TPSA) is 86.8 Å². The molecule has 4 rings (SSSR count). The largest absolute Gasteiger partial charge is 0.354 e. The molecule has 0 spiro atoms. The quantitative estimate of drug-likeness (QED) is 0.175. The summed E-state index contributed by atoms with van der Waals surface area (Å²) < 4.78 is 29.2. The number of nitrogens with zero attached hydrogens (tertiary/aromatic N) is 2. The van der Waals surface area contributed by atoms with Crippen LogP contribution in [0.15, 0.2) is 108 Å². The molecule has 0 heterocycles. The van der Waals surface area contributed by atoms with Crippen molar-refractivity contribution in [1.82, 2.24) is 10.2 Å². The van der Waals surface area contributed by atoms with Gasteiger partial charge < -0.3 is 10.2 Å². The lowest BCUT2D eigenvalue weighted by atomic mass is 10.0. The molecule has 0 bridgehead atoms. The zero-order valence-corrected chi connectivity index (χ0v) is 26.9. The lowest BCUT2D eigenvalue weighted by molar-refractivity contribution is -0.140. The number of hydrogen-bond donors (Lipinski definition) is 1. The molecule has 0 unspecified atom stereocenters. The summed E-state index contributed by atoms with van der Waals surface area (Å²) in [6.07, 6.45) is 0.934. The lowest BCUT2D eigenvalue weighted by Gasteiger charge is -2.34. The monoisotopic (exact) mass is 651 g/mol. The minimum absolute atomic E-state index is 0.00178. The van der Waals surface area contributed by atoms with Gasteiger partial charge in [-0.25, -0.2) is 8.42 Å². The molecule has 0 saturated carbocycles. The number of sulfonamides is 1. The maximum absolute atomic E-state index is 14.4. The van der Waals surface area contributed by atoms with Crippen molar-refractivity contribution in [3.05, 3.63) is 130 Å². The van der Waals surface area contributed by atoms with Crippen molar-refractivity contribution >= 4 is 50.7 Å². The van der Waals surface area contributed by atoms with Gasteiger partial charge in [0.15, 0.2) is 0 Å². The van der Waals surface area contributed by atoms with Gasteiger partial charge in [0.2, 0.25) is 11.8 Å². The van der Waals surface area contributed by atoms with Gasteiger partial charge in [0.05, 0.1) is 10.6 Å². The Balaban J connectivity index is 1.80. The molecule has 0 radical (unpaired) electrons. The van der Waals surface area contributed by atoms with Gasteiger partial charge in [-0.2, -0.15) is 0 Å². The van der Waals surface area contributed by atoms with Crippen LogP contribution in [0.3, 0.4) is 0 Å². The first kappa shape index (κ1) is 33.1. The molecule has 10 heteroatoms. The first-order chi connectivity index (χ1) is 21.1. The molecule has 4 aromatic carbocycles. The summed E-state index contributed by atoms with van der Waals surface area (Å²) in [5.74, 6) is -0.893. The third kappa shape index (κ3) is 8.40. The van der Waals surface area contributed by atoms with Crippen LogP contribution in [0, 0.1) is 6.92 Å². The van der Waals surface area contributed by atoms with Crippen LogP contribution in [0.4, 0.5) is 5.69 Å². The number of carbonyl (C=O) groups excluding carboxylic acids is 2. The van der Waals surface area contributed by atoms with Gasteiger partial charge in [-0.1, -0.05) is 90.8 Å². The zero-order chi connectivity index (χ0) is 31.7. The normalized spacial score (nSPS) is 11.9. The average molecular weight is 653 g/mol. The molecular formula is C34H35Cl2N3O4S. The van der Waals surface area contributed by atoms with Gasteiger partial charge in [-0.3, -0.25) is 13.9 Å². The van der Waals surface area contributed by atoms with Gasteiger partial charge in [-0.05, 0) is 72.5 Å². The van der Waals surface area contributed by atoms with Gasteiger partial charge in [0, 0.05) is 29.6 Å². The maximum Gasteiger partial charge on any atom is 0.264 e. The SMILES string of the molecule is CCCNC(=O)[C@H](Cc1ccccc1)N(Cc1ccccc1Cl)C(=O)CN(c1cccc(C)c1)S(=O)(=O)c1ccc(Cl)cc1. The molecule has 230 valence electrons. The first-order valence-corrected chi connectivity index (χ1v) is 16.5. The minimum Gasteiger partial charge on any atom is -0.354 e. The molecule has 44 heavy (non-hydrogen) atoms. The van der Waals surface area contributed by atoms with Crippen molar-refractivity contribution < 1.29 is 18.0 Å². The highest BCUT2D eigenvalue weighted by molar-refractivity contribution is 7.92. The Labute approximate surface area is 269 Å². The third-order valence-corrected chi connectivity index (χ3v) is 9.50. The van der Waals surface area contributed by atoms with E-state index in [0.717, 1.165) is 15.4 Å². The number of nitrogens with one attached hydrogen (secondary N) is 1. The van der Waals surface area contributed by atoms with E-state index in [2.05, 4.69) is 5.32 Å². The number of anilines is 1. The summed E-state index contributed by atoms with van der Waals surface area (Å²) in [5.41, 5.74) is 2.62. The molecule has 0 aliphatic carbocycles. The highest BCUT2D eigenvalue weighted by Gasteiger charge is 2.34. The number of halogens is 2. The predicted molar refractivity (Wildman–Crippen MR) is 176 cm³/mol. The van der Waals surface area contributed by atoms with E-state index in [-0.39, 0.29) is 23.8 Å². The predicted octanol–water partition coefficient (Wildman–Crippen LogP) is 6.66. The number of carbonyl (C=O) groups is 2. The van der Waals surface area contributed by atoms with Crippen LogP contribution in [-0.4, -0.2) is 44.3 Å². The fraction of sp³-hybridized carbons (Fsp3) is 0.235. The number of hydrogen-bond acceptors (Lipinski definition) is 4. The lowest BCUT2D eigenvalue weighted by Crippen LogP contribution is -2.53. The standard InChI is InChI=1S/C34H35Cl2N3O4S/c1-3-20-37-34(41)32(22-26-11-5-4-6-12-26)38(23-27-13-7-8-15-31(27)36)33(40)24-39(29-14-9-10-25(2)21-29)44(42,43)30-18-16-28(35)17-19-30/h4-19,21,32H,3,20,22-24H2,1-2H3,(H,37,41)/t32-/m0/s1. The van der Waals surface area contributed by atoms with E-state index < -0.39 is 28.5 Å². The van der Waals surface area contributed by atoms with Crippen LogP contribution in [-0.2, 0) is 32.6 Å². The second kappa shape index (κ2) is 15.2. The van der Waals surface area contributed by atoms with Crippen molar-refractivity contribution in [3.8, 4) is 0 Å². The van der Waals surface area contributed by atoms with Crippen molar-refractivity contribution in [1.29, 1.82) is 0 Å². The molecular weight excluding hydrogens is 617 g/mol. The zero-order valence-electron chi connectivity index (χ0n) is 24.6. The Kier molecular flexibility index (Phi) is 11.4. The fourth-order valence-corrected chi connectivity index (χ4v) is 6.50. The van der Waals surface area contributed by atoms with Gasteiger partial charge >= 0.3 is 0 Å². The smallest absolute Gasteiger partial charge is 0.264 e. The van der Waals surface area contributed by atoms with Crippen LogP contribution in [0.2, 0.25) is 10.0 Å². The van der Waals surface area contributed by atoms with Crippen LogP contribution in [0.1, 0.15) is 30.0 Å². The van der Waals surface area contributed by atoms with E-state index in [1.807, 2.05) is 50.2 Å². The summed E-state index contributed by atoms with van der Waals surface area (Å²) in [5, 5.41) is 3.75. The Morgan fingerprint density at radius 3 is 2.20 bits per heavy atom. The second-order valence-corrected chi connectivity index (χ2v) is 13.1. The summed E-state index contributed by atoms with van der Waals surface area (Å²) in [4.78, 5) is 29.6. The molecule has 0 fully saturated rings. The van der Waals surface area contributed by atoms with Crippen LogP contribution in [0.25, 0.3) is 0 Å². The second-order valence-electron chi connectivity index (χ2n) is 10.4. The Hall–Kier alpha value is -3.85. The molecule has 0 aliphatic heterocycles. The van der Waals surface area contributed by atoms with Crippen LogP contribution in [0.5, 0.6) is 0 Å². The molecule has 0 aliphatic rings. The number of amides is 2. The maximum atomic E-state index is 14.4. The molecule has 1 atom stereocenters. The summed E-state index contributed by atoms with van der Waals surface area (Å²) in [7, 11) is -4.22. The van der Waals surface area contributed by atoms with E-state index >= 15 is 0 Å². The molecule has 0 aromatic heterocycles. The highest BCUT2D eigenvalue weighted by Crippen LogP contribution is 2.27. The van der Waals surface area contributed by atoms with Gasteiger partial charge in [0.25, 0.3) is 10.0 Å². The number of benzene rings is 4. The van der Waals surface area contributed by atoms with Crippen molar-refractivity contribution in [3.63, 3.8) is 0 Å². The van der Waals surface area contributed by atoms with Crippen molar-refractivity contribution in [2.24, 2.45) is 0 Å². The number of aryl methyl sites for hydroxylation is 1. The van der Waals surface area contributed by atoms with Crippen LogP contribution >= 0.6 is 23.2 Å². The van der Waals surface area contributed by atoms with Gasteiger partial charge in [0.1, 0.15) is 12.6 Å². The Bertz CT molecular complexity index is 1680. The minimum atomic E-state index is -4.22. The fourth-order valence-electron chi connectivity index (χ4n) is 4.78. The van der Waals surface area contributed by atoms with Crippen molar-refractivity contribution in [2.75, 3.05) is 17.4 Å². The molecule has 4 aromatic rings. The van der Waals surface area contributed by atoms with E-state index in [1.165, 1.54) is 29.2 Å². The van der Waals surface area contributed by atoms with E-state index in [9.17, 15) is 18.0 Å². The summed E-state index contributed by atoms with van der Waals surface area (Å²) in [6, 6.07) is 28.3. The summed E-state index contributed by atoms with van der Waals surface area (Å²) in [6.45, 7) is 3.67. The highest BCUT2D eigenvalue weighted by atomic mass is 35.5. The molecule has 0 saturated heterocycles. The Morgan fingerprint density at radius 2 is 1.55 bits per heavy atom. The Morgan fingerprint density at radius 1 is 0.864 bits per heavy atom. The van der Waals surface area contributed by atoms with E-state index in [1.54, 1.807) is 42.5 Å². The van der Waals surface area contributed by atoms with E-state index in [0.29, 0.717) is 34.3 Å². The molecule has 2 amide bonds. The average Bonchev–Trinajstić information content (AvgIpc) is 3.01. The van der Waals surface area contributed by atoms with Crippen molar-refractivity contribution in [2.45, 2.75) is 44.2 Å². The molecule has 7 nitrogen and oxygen atoms in total. The van der Waals surface area contributed by atoms with Gasteiger partial charge in [-0.15, -0.1) is 0 Å². The third-order valence-electron chi connectivity index (χ3n) is 7.09. The first-order valence-electron chi connectivity index (χ1n) is 14.3.